The molecule has 1 aromatic carbocycles. The molecule has 1 atom stereocenters. The zero-order valence-electron chi connectivity index (χ0n) is 14.3. The Morgan fingerprint density at radius 1 is 1.29 bits per heavy atom. The number of aliphatic hydroxyl groups excluding tert-OH is 1. The molecule has 132 valence electrons. The number of aryl methyl sites for hydroxylation is 1. The first-order valence-corrected chi connectivity index (χ1v) is 9.08. The molecule has 0 aromatic heterocycles. The van der Waals surface area contributed by atoms with Crippen molar-refractivity contribution in [3.05, 3.63) is 35.4 Å². The van der Waals surface area contributed by atoms with Crippen LogP contribution in [0.25, 0.3) is 0 Å². The molecule has 1 unspecified atom stereocenters. The van der Waals surface area contributed by atoms with Gasteiger partial charge in [0.25, 0.3) is 0 Å². The molecule has 1 aliphatic carbocycles. The van der Waals surface area contributed by atoms with Crippen molar-refractivity contribution in [3.63, 3.8) is 0 Å². The Labute approximate surface area is 144 Å². The minimum atomic E-state index is 0.163. The number of rotatable bonds is 6. The first kappa shape index (κ1) is 17.4. The van der Waals surface area contributed by atoms with Crippen LogP contribution < -0.4 is 0 Å². The molecule has 5 nitrogen and oxygen atoms in total. The molecule has 0 bridgehead atoms. The van der Waals surface area contributed by atoms with E-state index in [1.165, 1.54) is 11.1 Å². The number of ether oxygens (including phenoxy) is 1. The molecule has 1 amide bonds. The molecule has 24 heavy (non-hydrogen) atoms. The van der Waals surface area contributed by atoms with Crippen molar-refractivity contribution in [2.45, 2.75) is 31.7 Å². The van der Waals surface area contributed by atoms with Crippen LogP contribution in [-0.2, 0) is 16.0 Å². The summed E-state index contributed by atoms with van der Waals surface area (Å²) in [6.45, 7) is 3.99. The summed E-state index contributed by atoms with van der Waals surface area (Å²) < 4.78 is 5.34. The average Bonchev–Trinajstić information content (AvgIpc) is 2.65. The number of amides is 1. The minimum Gasteiger partial charge on any atom is -0.396 e. The Morgan fingerprint density at radius 2 is 2.08 bits per heavy atom. The molecule has 0 radical (unpaired) electrons. The van der Waals surface area contributed by atoms with Crippen LogP contribution in [0.5, 0.6) is 0 Å². The van der Waals surface area contributed by atoms with Crippen molar-refractivity contribution >= 4 is 5.91 Å². The smallest absolute Gasteiger partial charge is 0.236 e. The molecule has 1 N–H and O–H groups in total. The number of benzene rings is 1. The third-order valence-corrected chi connectivity index (χ3v) is 5.08. The largest absolute Gasteiger partial charge is 0.396 e. The van der Waals surface area contributed by atoms with Crippen LogP contribution in [0.4, 0.5) is 0 Å². The molecule has 0 saturated carbocycles. The molecule has 2 aliphatic rings. The number of morpholine rings is 1. The normalized spacial score (nSPS) is 20.9. The summed E-state index contributed by atoms with van der Waals surface area (Å²) in [5, 5.41) is 9.25. The van der Waals surface area contributed by atoms with Crippen LogP contribution in [0.15, 0.2) is 24.3 Å². The first-order valence-electron chi connectivity index (χ1n) is 9.08. The summed E-state index contributed by atoms with van der Waals surface area (Å²) in [6, 6.07) is 8.87. The van der Waals surface area contributed by atoms with Crippen molar-refractivity contribution < 1.29 is 14.6 Å². The molecular formula is C19H28N2O3. The van der Waals surface area contributed by atoms with Crippen molar-refractivity contribution in [1.29, 1.82) is 0 Å². The quantitative estimate of drug-likeness (QED) is 0.860. The summed E-state index contributed by atoms with van der Waals surface area (Å²) in [7, 11) is 0. The highest BCUT2D eigenvalue weighted by molar-refractivity contribution is 5.78. The van der Waals surface area contributed by atoms with Gasteiger partial charge in [0.05, 0.1) is 19.8 Å². The van der Waals surface area contributed by atoms with Crippen LogP contribution >= 0.6 is 0 Å². The van der Waals surface area contributed by atoms with E-state index >= 15 is 0 Å². The van der Waals surface area contributed by atoms with Gasteiger partial charge in [0.2, 0.25) is 5.91 Å². The zero-order chi connectivity index (χ0) is 16.8. The van der Waals surface area contributed by atoms with E-state index in [9.17, 15) is 9.90 Å². The first-order chi connectivity index (χ1) is 11.8. The number of aliphatic hydroxyl groups is 1. The van der Waals surface area contributed by atoms with Gasteiger partial charge in [-0.2, -0.15) is 0 Å². The Balaban J connectivity index is 1.73. The molecule has 1 heterocycles. The van der Waals surface area contributed by atoms with Crippen LogP contribution in [0.1, 0.15) is 36.4 Å². The number of hydrogen-bond acceptors (Lipinski definition) is 4. The van der Waals surface area contributed by atoms with E-state index in [4.69, 9.17) is 4.74 Å². The summed E-state index contributed by atoms with van der Waals surface area (Å²) in [6.07, 6.45) is 4.06. The fourth-order valence-corrected chi connectivity index (χ4v) is 3.81. The van der Waals surface area contributed by atoms with Gasteiger partial charge in [0.1, 0.15) is 0 Å². The van der Waals surface area contributed by atoms with Crippen molar-refractivity contribution in [3.8, 4) is 0 Å². The van der Waals surface area contributed by atoms with Crippen molar-refractivity contribution in [2.24, 2.45) is 0 Å². The van der Waals surface area contributed by atoms with E-state index in [1.807, 2.05) is 4.90 Å². The highest BCUT2D eigenvalue weighted by atomic mass is 16.5. The van der Waals surface area contributed by atoms with Gasteiger partial charge in [-0.1, -0.05) is 24.3 Å². The van der Waals surface area contributed by atoms with Gasteiger partial charge in [-0.3, -0.25) is 9.69 Å². The fraction of sp³-hybridized carbons (Fsp3) is 0.632. The van der Waals surface area contributed by atoms with Crippen molar-refractivity contribution in [2.75, 3.05) is 46.0 Å². The predicted octanol–water partition coefficient (Wildman–Crippen LogP) is 1.61. The minimum absolute atomic E-state index is 0.163. The monoisotopic (exact) mass is 332 g/mol. The fourth-order valence-electron chi connectivity index (χ4n) is 3.81. The van der Waals surface area contributed by atoms with Crippen molar-refractivity contribution in [1.82, 2.24) is 9.80 Å². The SMILES string of the molecule is O=C(CN(CCCO)C1CCCc2ccccc21)N1CCOCC1. The van der Waals surface area contributed by atoms with E-state index < -0.39 is 0 Å². The van der Waals surface area contributed by atoms with E-state index in [1.54, 1.807) is 0 Å². The molecule has 1 aliphatic heterocycles. The van der Waals surface area contributed by atoms with Crippen LogP contribution in [-0.4, -0.2) is 66.8 Å². The summed E-state index contributed by atoms with van der Waals surface area (Å²) in [5.41, 5.74) is 2.76. The molecular weight excluding hydrogens is 304 g/mol. The predicted molar refractivity (Wildman–Crippen MR) is 92.8 cm³/mol. The number of nitrogens with zero attached hydrogens (tertiary/aromatic N) is 2. The number of carbonyl (C=O) groups is 1. The molecule has 3 rings (SSSR count). The second-order valence-corrected chi connectivity index (χ2v) is 6.65. The van der Waals surface area contributed by atoms with Gasteiger partial charge in [0.15, 0.2) is 0 Å². The molecule has 1 aromatic rings. The highest BCUT2D eigenvalue weighted by Crippen LogP contribution is 2.34. The van der Waals surface area contributed by atoms with E-state index in [0.29, 0.717) is 39.3 Å². The maximum Gasteiger partial charge on any atom is 0.236 e. The Kier molecular flexibility index (Phi) is 6.24. The molecule has 0 spiro atoms. The Morgan fingerprint density at radius 3 is 2.88 bits per heavy atom. The maximum absolute atomic E-state index is 12.7. The number of hydrogen-bond donors (Lipinski definition) is 1. The maximum atomic E-state index is 12.7. The van der Waals surface area contributed by atoms with Gasteiger partial charge >= 0.3 is 0 Å². The Bertz CT molecular complexity index is 543. The standard InChI is InChI=1S/C19H28N2O3/c22-12-4-9-21(15-19(23)20-10-13-24-14-11-20)18-8-3-6-16-5-1-2-7-17(16)18/h1-2,5,7,18,22H,3-4,6,8-15H2. The third kappa shape index (κ3) is 4.15. The zero-order valence-corrected chi connectivity index (χ0v) is 14.3. The van der Waals surface area contributed by atoms with Gasteiger partial charge in [-0.25, -0.2) is 0 Å². The summed E-state index contributed by atoms with van der Waals surface area (Å²) >= 11 is 0. The number of carbonyl (C=O) groups excluding carboxylic acids is 1. The summed E-state index contributed by atoms with van der Waals surface area (Å²) in [4.78, 5) is 16.9. The van der Waals surface area contributed by atoms with Gasteiger partial charge in [-0.15, -0.1) is 0 Å². The van der Waals surface area contributed by atoms with E-state index in [-0.39, 0.29) is 18.6 Å². The van der Waals surface area contributed by atoms with Crippen LogP contribution in [0.2, 0.25) is 0 Å². The molecule has 5 heteroatoms. The van der Waals surface area contributed by atoms with E-state index in [0.717, 1.165) is 25.8 Å². The lowest BCUT2D eigenvalue weighted by Crippen LogP contribution is -2.47. The highest BCUT2D eigenvalue weighted by Gasteiger charge is 2.28. The van der Waals surface area contributed by atoms with Gasteiger partial charge in [0, 0.05) is 32.3 Å². The third-order valence-electron chi connectivity index (χ3n) is 5.08. The molecule has 1 fully saturated rings. The Hall–Kier alpha value is -1.43. The van der Waals surface area contributed by atoms with Gasteiger partial charge < -0.3 is 14.7 Å². The summed E-state index contributed by atoms with van der Waals surface area (Å²) in [5.74, 6) is 0.180. The lowest BCUT2D eigenvalue weighted by molar-refractivity contribution is -0.137. The average molecular weight is 332 g/mol. The number of fused-ring (bicyclic) bond motifs is 1. The van der Waals surface area contributed by atoms with E-state index in [2.05, 4.69) is 29.2 Å². The second kappa shape index (κ2) is 8.60. The lowest BCUT2D eigenvalue weighted by Gasteiger charge is -2.37. The lowest BCUT2D eigenvalue weighted by atomic mass is 9.86. The molecule has 1 saturated heterocycles. The van der Waals surface area contributed by atoms with Gasteiger partial charge in [-0.05, 0) is 36.8 Å². The van der Waals surface area contributed by atoms with Crippen LogP contribution in [0, 0.1) is 0 Å². The second-order valence-electron chi connectivity index (χ2n) is 6.65. The topological polar surface area (TPSA) is 53.0 Å². The van der Waals surface area contributed by atoms with Crippen LogP contribution in [0.3, 0.4) is 0 Å².